The van der Waals surface area contributed by atoms with Crippen LogP contribution in [0.5, 0.6) is 0 Å². The van der Waals surface area contributed by atoms with E-state index in [-0.39, 0.29) is 0 Å². The maximum atomic E-state index is 7.06. The summed E-state index contributed by atoms with van der Waals surface area (Å²) in [7, 11) is 0. The van der Waals surface area contributed by atoms with Crippen LogP contribution >= 0.6 is 0 Å². The fourth-order valence-corrected chi connectivity index (χ4v) is 1.22. The first-order chi connectivity index (χ1) is 7.13. The van der Waals surface area contributed by atoms with Crippen LogP contribution in [0.15, 0.2) is 42.0 Å². The van der Waals surface area contributed by atoms with E-state index in [2.05, 4.69) is 38.1 Å². The van der Waals surface area contributed by atoms with Gasteiger partial charge < -0.3 is 5.41 Å². The number of rotatable bonds is 3. The molecule has 0 aliphatic rings. The molecule has 0 atom stereocenters. The van der Waals surface area contributed by atoms with Crippen LogP contribution in [-0.4, -0.2) is 6.21 Å². The van der Waals surface area contributed by atoms with Gasteiger partial charge in [0.05, 0.1) is 0 Å². The molecule has 0 heterocycles. The zero-order valence-corrected chi connectivity index (χ0v) is 9.54. The van der Waals surface area contributed by atoms with Gasteiger partial charge in [0.15, 0.2) is 0 Å². The van der Waals surface area contributed by atoms with Crippen molar-refractivity contribution >= 4 is 11.8 Å². The topological polar surface area (TPSA) is 23.9 Å². The van der Waals surface area contributed by atoms with Gasteiger partial charge >= 0.3 is 0 Å². The lowest BCUT2D eigenvalue weighted by Crippen LogP contribution is -1.80. The third-order valence-electron chi connectivity index (χ3n) is 2.33. The largest absolute Gasteiger partial charge is 0.308 e. The van der Waals surface area contributed by atoms with Crippen LogP contribution in [0.3, 0.4) is 0 Å². The van der Waals surface area contributed by atoms with Gasteiger partial charge in [-0.2, -0.15) is 0 Å². The molecule has 0 spiro atoms. The van der Waals surface area contributed by atoms with Crippen molar-refractivity contribution in [2.45, 2.75) is 20.8 Å². The van der Waals surface area contributed by atoms with Gasteiger partial charge in [0.1, 0.15) is 0 Å². The van der Waals surface area contributed by atoms with E-state index in [4.69, 9.17) is 5.41 Å². The lowest BCUT2D eigenvalue weighted by atomic mass is 10.1. The summed E-state index contributed by atoms with van der Waals surface area (Å²) in [6.07, 6.45) is 5.37. The van der Waals surface area contributed by atoms with Gasteiger partial charge in [0.2, 0.25) is 0 Å². The van der Waals surface area contributed by atoms with Gasteiger partial charge in [0.25, 0.3) is 0 Å². The summed E-state index contributed by atoms with van der Waals surface area (Å²) in [4.78, 5) is 0. The minimum absolute atomic E-state index is 0.960. The summed E-state index contributed by atoms with van der Waals surface area (Å²) >= 11 is 0. The zero-order chi connectivity index (χ0) is 11.3. The highest BCUT2D eigenvalue weighted by Gasteiger charge is 1.93. The molecule has 0 fully saturated rings. The molecule has 0 unspecified atom stereocenters. The Bertz CT molecular complexity index is 394. The molecule has 1 aromatic carbocycles. The average molecular weight is 199 g/mol. The molecular weight excluding hydrogens is 182 g/mol. The van der Waals surface area contributed by atoms with Gasteiger partial charge in [-0.05, 0) is 37.5 Å². The highest BCUT2D eigenvalue weighted by Crippen LogP contribution is 2.14. The minimum Gasteiger partial charge on any atom is -0.308 e. The normalized spacial score (nSPS) is 12.7. The first-order valence-corrected chi connectivity index (χ1v) is 5.06. The molecule has 0 aromatic heterocycles. The Morgan fingerprint density at radius 3 is 2.20 bits per heavy atom. The Hall–Kier alpha value is -1.63. The quantitative estimate of drug-likeness (QED) is 0.562. The van der Waals surface area contributed by atoms with E-state index >= 15 is 0 Å². The molecule has 0 amide bonds. The van der Waals surface area contributed by atoms with Gasteiger partial charge in [-0.15, -0.1) is 0 Å². The van der Waals surface area contributed by atoms with Crippen molar-refractivity contribution in [2.75, 3.05) is 0 Å². The van der Waals surface area contributed by atoms with Crippen LogP contribution in [0.2, 0.25) is 0 Å². The van der Waals surface area contributed by atoms with Crippen molar-refractivity contribution in [2.24, 2.45) is 0 Å². The van der Waals surface area contributed by atoms with Crippen molar-refractivity contribution in [3.8, 4) is 0 Å². The van der Waals surface area contributed by atoms with Crippen molar-refractivity contribution in [1.82, 2.24) is 0 Å². The van der Waals surface area contributed by atoms with E-state index in [1.165, 1.54) is 22.9 Å². The Labute approximate surface area is 91.7 Å². The van der Waals surface area contributed by atoms with E-state index in [1.54, 1.807) is 0 Å². The number of aryl methyl sites for hydroxylation is 1. The maximum Gasteiger partial charge on any atom is 0.0207 e. The second-order valence-corrected chi connectivity index (χ2v) is 3.77. The zero-order valence-electron chi connectivity index (χ0n) is 9.54. The van der Waals surface area contributed by atoms with Crippen LogP contribution in [0.4, 0.5) is 0 Å². The number of nitrogens with one attached hydrogen (secondary N) is 1. The minimum atomic E-state index is 0.960. The number of allylic oxidation sites excluding steroid dienone is 4. The summed E-state index contributed by atoms with van der Waals surface area (Å²) in [5.74, 6) is 0. The smallest absolute Gasteiger partial charge is 0.0207 e. The monoisotopic (exact) mass is 199 g/mol. The fourth-order valence-electron chi connectivity index (χ4n) is 1.22. The molecule has 78 valence electrons. The Morgan fingerprint density at radius 2 is 1.67 bits per heavy atom. The van der Waals surface area contributed by atoms with E-state index in [9.17, 15) is 0 Å². The summed E-state index contributed by atoms with van der Waals surface area (Å²) in [6, 6.07) is 8.46. The van der Waals surface area contributed by atoms with E-state index in [0.717, 1.165) is 5.57 Å². The van der Waals surface area contributed by atoms with Gasteiger partial charge in [-0.1, -0.05) is 42.0 Å². The Kier molecular flexibility index (Phi) is 4.04. The summed E-state index contributed by atoms with van der Waals surface area (Å²) in [5, 5.41) is 7.06. The first kappa shape index (κ1) is 11.4. The second kappa shape index (κ2) is 5.30. The van der Waals surface area contributed by atoms with Gasteiger partial charge in [0, 0.05) is 6.21 Å². The third-order valence-corrected chi connectivity index (χ3v) is 2.33. The van der Waals surface area contributed by atoms with Crippen molar-refractivity contribution in [3.05, 3.63) is 53.1 Å². The predicted octanol–water partition coefficient (Wildman–Crippen LogP) is 3.99. The lowest BCUT2D eigenvalue weighted by molar-refractivity contribution is 1.44. The van der Waals surface area contributed by atoms with E-state index < -0.39 is 0 Å². The summed E-state index contributed by atoms with van der Waals surface area (Å²) in [6.45, 7) is 6.09. The molecule has 0 aliphatic heterocycles. The van der Waals surface area contributed by atoms with Gasteiger partial charge in [-0.25, -0.2) is 0 Å². The average Bonchev–Trinajstić information content (AvgIpc) is 2.26. The second-order valence-electron chi connectivity index (χ2n) is 3.77. The molecule has 1 heteroatoms. The molecule has 1 nitrogen and oxygen atoms in total. The van der Waals surface area contributed by atoms with Crippen LogP contribution < -0.4 is 0 Å². The molecule has 0 radical (unpaired) electrons. The van der Waals surface area contributed by atoms with Crippen LogP contribution in [-0.2, 0) is 0 Å². The highest BCUT2D eigenvalue weighted by molar-refractivity contribution is 5.76. The fraction of sp³-hybridized carbons (Fsp3) is 0.214. The third kappa shape index (κ3) is 3.55. The van der Waals surface area contributed by atoms with Crippen LogP contribution in [0.1, 0.15) is 25.0 Å². The number of benzene rings is 1. The molecule has 0 bridgehead atoms. The number of hydrogen-bond acceptors (Lipinski definition) is 1. The molecule has 0 saturated carbocycles. The summed E-state index contributed by atoms with van der Waals surface area (Å²) < 4.78 is 0. The first-order valence-electron chi connectivity index (χ1n) is 5.06. The SMILES string of the molecule is C/C(C=N)=C/C=C(\C)c1ccc(C)cc1. The molecule has 1 N–H and O–H groups in total. The van der Waals surface area contributed by atoms with Crippen LogP contribution in [0, 0.1) is 12.3 Å². The molecule has 15 heavy (non-hydrogen) atoms. The maximum absolute atomic E-state index is 7.06. The molecular formula is C14H17N. The van der Waals surface area contributed by atoms with Crippen molar-refractivity contribution in [1.29, 1.82) is 5.41 Å². The molecule has 1 aromatic rings. The van der Waals surface area contributed by atoms with Crippen LogP contribution in [0.25, 0.3) is 5.57 Å². The summed E-state index contributed by atoms with van der Waals surface area (Å²) in [5.41, 5.74) is 4.69. The van der Waals surface area contributed by atoms with Crippen molar-refractivity contribution < 1.29 is 0 Å². The standard InChI is InChI=1S/C14H17N/c1-11-5-8-14(9-6-11)13(3)7-4-12(2)10-15/h4-10,15H,1-3H3/b12-4-,13-7+,15-10?. The number of hydrogen-bond donors (Lipinski definition) is 1. The lowest BCUT2D eigenvalue weighted by Gasteiger charge is -2.00. The van der Waals surface area contributed by atoms with Gasteiger partial charge in [-0.3, -0.25) is 0 Å². The Balaban J connectivity index is 2.89. The van der Waals surface area contributed by atoms with E-state index in [1.807, 2.05) is 19.1 Å². The Morgan fingerprint density at radius 1 is 1.07 bits per heavy atom. The predicted molar refractivity (Wildman–Crippen MR) is 67.4 cm³/mol. The molecule has 0 saturated heterocycles. The highest BCUT2D eigenvalue weighted by atomic mass is 14.3. The molecule has 1 rings (SSSR count). The van der Waals surface area contributed by atoms with Crippen molar-refractivity contribution in [3.63, 3.8) is 0 Å². The van der Waals surface area contributed by atoms with E-state index in [0.29, 0.717) is 0 Å². The molecule has 0 aliphatic carbocycles.